The average molecular weight is 751 g/mol. The van der Waals surface area contributed by atoms with Gasteiger partial charge in [0.1, 0.15) is 6.61 Å². The maximum atomic E-state index is 12.2. The van der Waals surface area contributed by atoms with Crippen LogP contribution in [0.4, 0.5) is 0 Å². The van der Waals surface area contributed by atoms with Gasteiger partial charge in [0.05, 0.1) is 6.61 Å². The maximum Gasteiger partial charge on any atom is 0.306 e. The third-order valence-electron chi connectivity index (χ3n) is 9.19. The number of ether oxygens (including phenoxy) is 2. The first-order valence-corrected chi connectivity index (χ1v) is 22.1. The highest BCUT2D eigenvalue weighted by atomic mass is 16.6. The Morgan fingerprint density at radius 3 is 1.28 bits per heavy atom. The lowest BCUT2D eigenvalue weighted by Crippen LogP contribution is -2.28. The van der Waals surface area contributed by atoms with Gasteiger partial charge in [-0.1, -0.05) is 189 Å². The summed E-state index contributed by atoms with van der Waals surface area (Å²) in [5, 5.41) is 9.57. The summed E-state index contributed by atoms with van der Waals surface area (Å²) in [6.07, 6.45) is 60.9. The third kappa shape index (κ3) is 41.8. The van der Waals surface area contributed by atoms with Crippen LogP contribution in [0, 0.1) is 0 Å². The van der Waals surface area contributed by atoms with Crippen LogP contribution in [0.3, 0.4) is 0 Å². The number of aliphatic hydroxyl groups is 1. The van der Waals surface area contributed by atoms with E-state index in [0.29, 0.717) is 12.8 Å². The SMILES string of the molecule is CCC=CCC=CCC=CCC=CCC=CCC=CCCC(=O)OC(CO)COC(=O)CCCCCCCCCCCCCC=CCCCCCCCC. The molecule has 0 aromatic carbocycles. The Balaban J connectivity index is 3.65. The van der Waals surface area contributed by atoms with E-state index in [1.165, 1.54) is 103 Å². The molecular formula is C49H82O5. The van der Waals surface area contributed by atoms with Crippen LogP contribution in [0.1, 0.15) is 194 Å². The van der Waals surface area contributed by atoms with Crippen molar-refractivity contribution < 1.29 is 24.2 Å². The van der Waals surface area contributed by atoms with E-state index >= 15 is 0 Å². The summed E-state index contributed by atoms with van der Waals surface area (Å²) < 4.78 is 10.6. The lowest BCUT2D eigenvalue weighted by atomic mass is 10.0. The van der Waals surface area contributed by atoms with Gasteiger partial charge in [-0.25, -0.2) is 0 Å². The fraction of sp³-hybridized carbons (Fsp3) is 0.673. The molecule has 0 bridgehead atoms. The monoisotopic (exact) mass is 751 g/mol. The Labute approximate surface area is 333 Å². The molecule has 1 unspecified atom stereocenters. The Bertz CT molecular complexity index is 1030. The molecular weight excluding hydrogens is 669 g/mol. The van der Waals surface area contributed by atoms with Crippen LogP contribution in [-0.2, 0) is 19.1 Å². The Morgan fingerprint density at radius 1 is 0.444 bits per heavy atom. The van der Waals surface area contributed by atoms with Crippen molar-refractivity contribution >= 4 is 11.9 Å². The summed E-state index contributed by atoms with van der Waals surface area (Å²) in [6, 6.07) is 0. The highest BCUT2D eigenvalue weighted by Crippen LogP contribution is 2.14. The Hall–Kier alpha value is -2.92. The molecule has 308 valence electrons. The number of unbranched alkanes of at least 4 members (excludes halogenated alkanes) is 17. The van der Waals surface area contributed by atoms with Crippen LogP contribution in [-0.4, -0.2) is 36.4 Å². The molecule has 0 aromatic rings. The minimum absolute atomic E-state index is 0.100. The first-order valence-electron chi connectivity index (χ1n) is 22.1. The maximum absolute atomic E-state index is 12.2. The van der Waals surface area contributed by atoms with Crippen molar-refractivity contribution in [1.29, 1.82) is 0 Å². The molecule has 54 heavy (non-hydrogen) atoms. The molecule has 1 atom stereocenters. The Morgan fingerprint density at radius 2 is 0.833 bits per heavy atom. The number of rotatable bonds is 39. The molecule has 5 nitrogen and oxygen atoms in total. The van der Waals surface area contributed by atoms with Crippen molar-refractivity contribution in [3.8, 4) is 0 Å². The second kappa shape index (κ2) is 44.5. The first-order chi connectivity index (χ1) is 26.6. The first kappa shape index (κ1) is 51.1. The van der Waals surface area contributed by atoms with Crippen LogP contribution in [0.15, 0.2) is 85.1 Å². The molecule has 0 spiro atoms. The zero-order valence-corrected chi connectivity index (χ0v) is 35.0. The predicted molar refractivity (Wildman–Crippen MR) is 233 cm³/mol. The molecule has 0 aliphatic rings. The van der Waals surface area contributed by atoms with E-state index in [1.807, 2.05) is 12.2 Å². The van der Waals surface area contributed by atoms with Crippen LogP contribution >= 0.6 is 0 Å². The molecule has 0 fully saturated rings. The van der Waals surface area contributed by atoms with E-state index in [9.17, 15) is 14.7 Å². The fourth-order valence-electron chi connectivity index (χ4n) is 5.87. The molecule has 5 heteroatoms. The molecule has 0 aromatic heterocycles. The van der Waals surface area contributed by atoms with Crippen molar-refractivity contribution in [2.75, 3.05) is 13.2 Å². The van der Waals surface area contributed by atoms with E-state index < -0.39 is 12.1 Å². The largest absolute Gasteiger partial charge is 0.462 e. The minimum Gasteiger partial charge on any atom is -0.462 e. The van der Waals surface area contributed by atoms with E-state index in [4.69, 9.17) is 9.47 Å². The molecule has 0 rings (SSSR count). The average Bonchev–Trinajstić information content (AvgIpc) is 3.17. The quantitative estimate of drug-likeness (QED) is 0.0385. The van der Waals surface area contributed by atoms with Gasteiger partial charge in [0, 0.05) is 12.8 Å². The van der Waals surface area contributed by atoms with E-state index in [0.717, 1.165) is 57.8 Å². The minimum atomic E-state index is -0.816. The van der Waals surface area contributed by atoms with E-state index in [-0.39, 0.29) is 25.6 Å². The second-order valence-corrected chi connectivity index (χ2v) is 14.4. The van der Waals surface area contributed by atoms with E-state index in [1.54, 1.807) is 0 Å². The van der Waals surface area contributed by atoms with Crippen molar-refractivity contribution in [2.45, 2.75) is 200 Å². The molecule has 0 heterocycles. The molecule has 0 aliphatic heterocycles. The summed E-state index contributed by atoms with van der Waals surface area (Å²) >= 11 is 0. The van der Waals surface area contributed by atoms with Crippen LogP contribution in [0.5, 0.6) is 0 Å². The molecule has 0 saturated heterocycles. The number of carbonyl (C=O) groups excluding carboxylic acids is 2. The van der Waals surface area contributed by atoms with Gasteiger partial charge in [0.25, 0.3) is 0 Å². The van der Waals surface area contributed by atoms with Gasteiger partial charge in [0.15, 0.2) is 6.10 Å². The molecule has 1 N–H and O–H groups in total. The van der Waals surface area contributed by atoms with Gasteiger partial charge in [-0.05, 0) is 77.0 Å². The standard InChI is InChI=1S/C49H82O5/c1-3-5-7-9-11-13-15-17-19-21-23-24-26-27-29-31-33-35-37-39-41-43-48(51)53-46-47(45-50)54-49(52)44-42-40-38-36-34-32-30-28-25-22-20-18-16-14-12-10-8-6-4-2/h6,8,12,14,17-20,25,28,32,34,38,40,47,50H,3-5,7,9-11,13,15-16,21-24,26-27,29-31,33,35-37,39,41-46H2,1-2H3. The van der Waals surface area contributed by atoms with Crippen molar-refractivity contribution in [3.63, 3.8) is 0 Å². The van der Waals surface area contributed by atoms with Gasteiger partial charge in [-0.3, -0.25) is 9.59 Å². The zero-order chi connectivity index (χ0) is 39.3. The fourth-order valence-corrected chi connectivity index (χ4v) is 5.87. The van der Waals surface area contributed by atoms with Gasteiger partial charge in [0.2, 0.25) is 0 Å². The summed E-state index contributed by atoms with van der Waals surface area (Å²) in [7, 11) is 0. The molecule has 0 amide bonds. The normalized spacial score (nSPS) is 13.0. The zero-order valence-electron chi connectivity index (χ0n) is 35.0. The van der Waals surface area contributed by atoms with Crippen molar-refractivity contribution in [1.82, 2.24) is 0 Å². The van der Waals surface area contributed by atoms with Gasteiger partial charge >= 0.3 is 11.9 Å². The predicted octanol–water partition coefficient (Wildman–Crippen LogP) is 14.3. The topological polar surface area (TPSA) is 72.8 Å². The summed E-state index contributed by atoms with van der Waals surface area (Å²) in [5.74, 6) is -0.692. The lowest BCUT2D eigenvalue weighted by Gasteiger charge is -2.15. The summed E-state index contributed by atoms with van der Waals surface area (Å²) in [4.78, 5) is 24.3. The molecule has 0 radical (unpaired) electrons. The number of esters is 2. The number of carbonyl (C=O) groups is 2. The smallest absolute Gasteiger partial charge is 0.306 e. The second-order valence-electron chi connectivity index (χ2n) is 14.4. The highest BCUT2D eigenvalue weighted by Gasteiger charge is 2.15. The van der Waals surface area contributed by atoms with Crippen molar-refractivity contribution in [3.05, 3.63) is 85.1 Å². The van der Waals surface area contributed by atoms with Crippen LogP contribution in [0.2, 0.25) is 0 Å². The van der Waals surface area contributed by atoms with Crippen LogP contribution < -0.4 is 0 Å². The third-order valence-corrected chi connectivity index (χ3v) is 9.19. The Kier molecular flexibility index (Phi) is 42.1. The lowest BCUT2D eigenvalue weighted by molar-refractivity contribution is -0.161. The van der Waals surface area contributed by atoms with E-state index in [2.05, 4.69) is 86.8 Å². The highest BCUT2D eigenvalue weighted by molar-refractivity contribution is 5.70. The summed E-state index contributed by atoms with van der Waals surface area (Å²) in [6.45, 7) is 3.96. The molecule has 0 saturated carbocycles. The number of hydrogen-bond acceptors (Lipinski definition) is 5. The van der Waals surface area contributed by atoms with Crippen molar-refractivity contribution in [2.24, 2.45) is 0 Å². The van der Waals surface area contributed by atoms with Gasteiger partial charge < -0.3 is 14.6 Å². The summed E-state index contributed by atoms with van der Waals surface area (Å²) in [5.41, 5.74) is 0. The van der Waals surface area contributed by atoms with Gasteiger partial charge in [-0.2, -0.15) is 0 Å². The van der Waals surface area contributed by atoms with Gasteiger partial charge in [-0.15, -0.1) is 0 Å². The van der Waals surface area contributed by atoms with Crippen LogP contribution in [0.25, 0.3) is 0 Å². The number of allylic oxidation sites excluding steroid dienone is 14. The number of aliphatic hydroxyl groups excluding tert-OH is 1. The number of hydrogen-bond donors (Lipinski definition) is 1. The molecule has 0 aliphatic carbocycles.